The molecule has 0 fully saturated rings. The molecule has 8 rings (SSSR count). The minimum Gasteiger partial charge on any atom is -0.443 e. The van der Waals surface area contributed by atoms with Crippen molar-refractivity contribution in [3.8, 4) is 5.75 Å². The number of ether oxygens (including phenoxy) is 1. The van der Waals surface area contributed by atoms with E-state index in [1.54, 1.807) is 0 Å². The maximum Gasteiger partial charge on any atom is 0.252 e. The summed E-state index contributed by atoms with van der Waals surface area (Å²) in [6.45, 7) is 6.43. The molecule has 5 heteroatoms. The largest absolute Gasteiger partial charge is 0.443 e. The fraction of sp³-hybridized carbons (Fsp3) is 0.195. The fourth-order valence-corrected chi connectivity index (χ4v) is 7.44. The van der Waals surface area contributed by atoms with Crippen LogP contribution in [0.3, 0.4) is 0 Å². The smallest absolute Gasteiger partial charge is 0.252 e. The van der Waals surface area contributed by atoms with Gasteiger partial charge < -0.3 is 14.5 Å². The van der Waals surface area contributed by atoms with E-state index in [9.17, 15) is 0 Å². The van der Waals surface area contributed by atoms with Crippen LogP contribution in [0.1, 0.15) is 50.2 Å². The molecule has 46 heavy (non-hydrogen) atoms. The molecule has 0 saturated heterocycles. The first-order valence-corrected chi connectivity index (χ1v) is 16.6. The van der Waals surface area contributed by atoms with E-state index < -0.39 is 0 Å². The Bertz CT molecular complexity index is 2010. The minimum atomic E-state index is 0.0784. The van der Waals surface area contributed by atoms with Crippen molar-refractivity contribution in [1.29, 1.82) is 0 Å². The van der Waals surface area contributed by atoms with Gasteiger partial charge in [0.25, 0.3) is 6.71 Å². The van der Waals surface area contributed by atoms with Gasteiger partial charge in [0.15, 0.2) is 5.90 Å². The van der Waals surface area contributed by atoms with Crippen LogP contribution in [0.25, 0.3) is 0 Å². The van der Waals surface area contributed by atoms with E-state index in [0.717, 1.165) is 41.1 Å². The van der Waals surface area contributed by atoms with Crippen molar-refractivity contribution < 1.29 is 4.74 Å². The number of hydrogen-bond acceptors (Lipinski definition) is 4. The Hall–Kier alpha value is -5.03. The number of para-hydroxylation sites is 3. The van der Waals surface area contributed by atoms with Crippen LogP contribution in [0, 0.1) is 13.8 Å². The van der Waals surface area contributed by atoms with Crippen molar-refractivity contribution in [2.24, 2.45) is 4.99 Å². The summed E-state index contributed by atoms with van der Waals surface area (Å²) < 4.78 is 6.39. The number of allylic oxidation sites excluding steroid dienone is 2. The van der Waals surface area contributed by atoms with Gasteiger partial charge in [0.2, 0.25) is 0 Å². The van der Waals surface area contributed by atoms with Gasteiger partial charge in [-0.15, -0.1) is 0 Å². The quantitative estimate of drug-likeness (QED) is 0.112. The zero-order valence-electron chi connectivity index (χ0n) is 26.8. The van der Waals surface area contributed by atoms with E-state index in [0.29, 0.717) is 12.3 Å². The highest BCUT2D eigenvalue weighted by Gasteiger charge is 2.43. The molecule has 0 spiro atoms. The van der Waals surface area contributed by atoms with Gasteiger partial charge in [0.05, 0.1) is 5.69 Å². The Morgan fingerprint density at radius 1 is 0.717 bits per heavy atom. The number of aliphatic imine (C=N–C) groups is 1. The van der Waals surface area contributed by atoms with Gasteiger partial charge in [-0.25, -0.2) is 4.99 Å². The van der Waals surface area contributed by atoms with E-state index in [4.69, 9.17) is 9.73 Å². The molecule has 0 aromatic heterocycles. The van der Waals surface area contributed by atoms with Crippen LogP contribution in [0.5, 0.6) is 5.75 Å². The monoisotopic (exact) mass is 599 g/mol. The lowest BCUT2D eigenvalue weighted by molar-refractivity contribution is 0.532. The third-order valence-corrected chi connectivity index (χ3v) is 9.65. The van der Waals surface area contributed by atoms with Crippen molar-refractivity contribution in [2.45, 2.75) is 52.9 Å². The van der Waals surface area contributed by atoms with Gasteiger partial charge in [0, 0.05) is 40.6 Å². The summed E-state index contributed by atoms with van der Waals surface area (Å²) in [5.41, 5.74) is 14.7. The van der Waals surface area contributed by atoms with Crippen LogP contribution in [0.15, 0.2) is 126 Å². The molecule has 0 unspecified atom stereocenters. The van der Waals surface area contributed by atoms with Gasteiger partial charge in [-0.3, -0.25) is 0 Å². The standard InChI is InChI=1S/C41H38BN3O/c1-4-40(46-39-25-14-11-16-28(39)2)43-34-27-33-38(26-29(34)3)45(31-19-9-6-10-20-31)37-24-15-23-36-41(37)42(33)32-21-12-13-22-35(32)44(36)30-17-7-5-8-18-30/h6,9-17,19-27H,4-5,7-8,18H2,1-3H3. The number of nitrogens with zero attached hydrogens (tertiary/aromatic N) is 3. The summed E-state index contributed by atoms with van der Waals surface area (Å²) in [6, 6.07) is 39.5. The molecule has 0 bridgehead atoms. The first-order chi connectivity index (χ1) is 22.6. The number of benzene rings is 5. The van der Waals surface area contributed by atoms with E-state index in [2.05, 4.69) is 128 Å². The summed E-state index contributed by atoms with van der Waals surface area (Å²) in [4.78, 5) is 10.2. The molecule has 5 aromatic rings. The third-order valence-electron chi connectivity index (χ3n) is 9.65. The van der Waals surface area contributed by atoms with Crippen LogP contribution in [0.2, 0.25) is 0 Å². The highest BCUT2D eigenvalue weighted by atomic mass is 16.5. The molecule has 2 aliphatic heterocycles. The molecule has 0 radical (unpaired) electrons. The molecule has 2 heterocycles. The van der Waals surface area contributed by atoms with Crippen molar-refractivity contribution in [3.05, 3.63) is 132 Å². The van der Waals surface area contributed by atoms with Crippen molar-refractivity contribution in [1.82, 2.24) is 0 Å². The molecule has 0 amide bonds. The Kier molecular flexibility index (Phi) is 7.25. The molecule has 1 aliphatic carbocycles. The summed E-state index contributed by atoms with van der Waals surface area (Å²) in [5, 5.41) is 0. The number of fused-ring (bicyclic) bond motifs is 4. The fourth-order valence-electron chi connectivity index (χ4n) is 7.44. The Morgan fingerprint density at radius 3 is 2.24 bits per heavy atom. The van der Waals surface area contributed by atoms with E-state index in [1.165, 1.54) is 57.7 Å². The first kappa shape index (κ1) is 28.4. The maximum atomic E-state index is 6.39. The van der Waals surface area contributed by atoms with Crippen molar-refractivity contribution in [2.75, 3.05) is 9.80 Å². The van der Waals surface area contributed by atoms with E-state index in [1.807, 2.05) is 18.2 Å². The predicted octanol–water partition coefficient (Wildman–Crippen LogP) is 9.03. The van der Waals surface area contributed by atoms with Crippen LogP contribution in [-0.4, -0.2) is 12.6 Å². The maximum absolute atomic E-state index is 6.39. The molecule has 0 saturated carbocycles. The Labute approximate surface area is 272 Å². The second-order valence-electron chi connectivity index (χ2n) is 12.6. The summed E-state index contributed by atoms with van der Waals surface area (Å²) in [7, 11) is 0. The van der Waals surface area contributed by atoms with Crippen molar-refractivity contribution >= 4 is 63.1 Å². The number of aryl methyl sites for hydroxylation is 2. The number of rotatable bonds is 5. The summed E-state index contributed by atoms with van der Waals surface area (Å²) >= 11 is 0. The van der Waals surface area contributed by atoms with Gasteiger partial charge in [-0.05, 0) is 116 Å². The van der Waals surface area contributed by atoms with Crippen LogP contribution in [0.4, 0.5) is 34.1 Å². The SMILES string of the molecule is CCC(=Nc1cc2c(cc1C)N(c1ccccc1)c1cccc3c1B2c1ccccc1N3C1=CCCCC1)Oc1ccccc1C. The van der Waals surface area contributed by atoms with Crippen molar-refractivity contribution in [3.63, 3.8) is 0 Å². The second-order valence-corrected chi connectivity index (χ2v) is 12.6. The molecule has 0 atom stereocenters. The normalized spacial score (nSPS) is 15.2. The van der Waals surface area contributed by atoms with Gasteiger partial charge in [-0.1, -0.05) is 73.7 Å². The Morgan fingerprint density at radius 2 is 1.46 bits per heavy atom. The summed E-state index contributed by atoms with van der Waals surface area (Å²) in [6.07, 6.45) is 7.89. The van der Waals surface area contributed by atoms with Gasteiger partial charge in [0.1, 0.15) is 5.75 Å². The number of hydrogen-bond donors (Lipinski definition) is 0. The zero-order chi connectivity index (χ0) is 31.2. The molecule has 5 aromatic carbocycles. The lowest BCUT2D eigenvalue weighted by Crippen LogP contribution is -2.61. The average Bonchev–Trinajstić information content (AvgIpc) is 3.10. The van der Waals surface area contributed by atoms with E-state index in [-0.39, 0.29) is 6.71 Å². The molecular weight excluding hydrogens is 561 g/mol. The summed E-state index contributed by atoms with van der Waals surface area (Å²) in [5.74, 6) is 1.57. The number of anilines is 5. The van der Waals surface area contributed by atoms with Crippen LogP contribution < -0.4 is 30.9 Å². The van der Waals surface area contributed by atoms with Gasteiger partial charge >= 0.3 is 0 Å². The predicted molar refractivity (Wildman–Crippen MR) is 195 cm³/mol. The average molecular weight is 600 g/mol. The lowest BCUT2D eigenvalue weighted by Gasteiger charge is -2.45. The van der Waals surface area contributed by atoms with Crippen LogP contribution >= 0.6 is 0 Å². The molecule has 226 valence electrons. The molecular formula is C41H38BN3O. The Balaban J connectivity index is 1.36. The second kappa shape index (κ2) is 11.7. The first-order valence-electron chi connectivity index (χ1n) is 16.6. The zero-order valence-corrected chi connectivity index (χ0v) is 26.8. The molecule has 4 nitrogen and oxygen atoms in total. The van der Waals surface area contributed by atoms with E-state index >= 15 is 0 Å². The highest BCUT2D eigenvalue weighted by molar-refractivity contribution is 7.00. The lowest BCUT2D eigenvalue weighted by atomic mass is 9.33. The van der Waals surface area contributed by atoms with Gasteiger partial charge in [-0.2, -0.15) is 0 Å². The topological polar surface area (TPSA) is 28.1 Å². The molecule has 3 aliphatic rings. The van der Waals surface area contributed by atoms with Crippen LogP contribution in [-0.2, 0) is 0 Å². The highest BCUT2D eigenvalue weighted by Crippen LogP contribution is 2.44. The third kappa shape index (κ3) is 4.73. The molecule has 0 N–H and O–H groups in total. The minimum absolute atomic E-state index is 0.0784.